The molecule has 0 fully saturated rings. The van der Waals surface area contributed by atoms with Gasteiger partial charge in [-0.3, -0.25) is 0 Å². The molecule has 1 aromatic rings. The first-order valence-corrected chi connectivity index (χ1v) is 5.05. The molecule has 0 atom stereocenters. The predicted octanol–water partition coefficient (Wildman–Crippen LogP) is 2.16. The van der Waals surface area contributed by atoms with E-state index in [0.717, 1.165) is 7.11 Å². The van der Waals surface area contributed by atoms with Gasteiger partial charge in [-0.1, -0.05) is 0 Å². The third kappa shape index (κ3) is 3.76. The van der Waals surface area contributed by atoms with E-state index in [2.05, 4.69) is 14.5 Å². The van der Waals surface area contributed by atoms with Crippen LogP contribution in [0.4, 0.5) is 22.0 Å². The van der Waals surface area contributed by atoms with E-state index in [-0.39, 0.29) is 0 Å². The standard InChI is InChI=1S/C10H9F5N2O3/c1-19-9(18)7-6(20-10(13,14)15)2-4(8(11)12)5(3-16)17-7/h2,8H,3,16H2,1H3. The quantitative estimate of drug-likeness (QED) is 0.681. The van der Waals surface area contributed by atoms with Crippen LogP contribution in [-0.4, -0.2) is 24.4 Å². The molecule has 0 aliphatic rings. The number of aromatic nitrogens is 1. The van der Waals surface area contributed by atoms with Gasteiger partial charge in [0.1, 0.15) is 0 Å². The zero-order valence-corrected chi connectivity index (χ0v) is 10.0. The minimum absolute atomic E-state index is 0.375. The molecule has 0 aromatic carbocycles. The van der Waals surface area contributed by atoms with Crippen LogP contribution < -0.4 is 10.5 Å². The first-order valence-electron chi connectivity index (χ1n) is 5.05. The lowest BCUT2D eigenvalue weighted by atomic mass is 10.1. The number of halogens is 5. The number of carbonyl (C=O) groups excluding carboxylic acids is 1. The molecular formula is C10H9F5N2O3. The van der Waals surface area contributed by atoms with Crippen LogP contribution in [0.15, 0.2) is 6.07 Å². The van der Waals surface area contributed by atoms with E-state index >= 15 is 0 Å². The van der Waals surface area contributed by atoms with Gasteiger partial charge in [0.25, 0.3) is 6.43 Å². The molecule has 2 N–H and O–H groups in total. The summed E-state index contributed by atoms with van der Waals surface area (Å²) in [7, 11) is 0.893. The van der Waals surface area contributed by atoms with Gasteiger partial charge in [-0.05, 0) is 6.07 Å². The van der Waals surface area contributed by atoms with Gasteiger partial charge in [-0.25, -0.2) is 18.6 Å². The monoisotopic (exact) mass is 300 g/mol. The van der Waals surface area contributed by atoms with Crippen molar-refractivity contribution in [3.05, 3.63) is 23.0 Å². The third-order valence-electron chi connectivity index (χ3n) is 2.13. The Labute approximate surface area is 109 Å². The van der Waals surface area contributed by atoms with Crippen LogP contribution in [0.3, 0.4) is 0 Å². The molecule has 0 amide bonds. The molecule has 1 heterocycles. The summed E-state index contributed by atoms with van der Waals surface area (Å²) in [5.74, 6) is -2.43. The number of methoxy groups -OCH3 is 1. The lowest BCUT2D eigenvalue weighted by molar-refractivity contribution is -0.274. The Morgan fingerprint density at radius 1 is 1.45 bits per heavy atom. The zero-order valence-electron chi connectivity index (χ0n) is 10.0. The molecule has 0 bridgehead atoms. The van der Waals surface area contributed by atoms with Crippen molar-refractivity contribution in [3.8, 4) is 5.75 Å². The number of hydrogen-bond donors (Lipinski definition) is 1. The molecule has 0 saturated heterocycles. The van der Waals surface area contributed by atoms with Crippen molar-refractivity contribution in [1.82, 2.24) is 4.98 Å². The maximum Gasteiger partial charge on any atom is 0.573 e. The van der Waals surface area contributed by atoms with Crippen LogP contribution >= 0.6 is 0 Å². The average Bonchev–Trinajstić information content (AvgIpc) is 2.35. The molecule has 20 heavy (non-hydrogen) atoms. The summed E-state index contributed by atoms with van der Waals surface area (Å²) in [4.78, 5) is 14.7. The van der Waals surface area contributed by atoms with Gasteiger partial charge in [0.2, 0.25) is 0 Å². The number of esters is 1. The second kappa shape index (κ2) is 5.99. The highest BCUT2D eigenvalue weighted by Crippen LogP contribution is 2.32. The molecule has 5 nitrogen and oxygen atoms in total. The van der Waals surface area contributed by atoms with E-state index in [1.807, 2.05) is 0 Å². The van der Waals surface area contributed by atoms with Gasteiger partial charge in [0, 0.05) is 12.1 Å². The fourth-order valence-corrected chi connectivity index (χ4v) is 1.35. The Hall–Kier alpha value is -1.97. The highest BCUT2D eigenvalue weighted by atomic mass is 19.4. The normalized spacial score (nSPS) is 11.6. The maximum absolute atomic E-state index is 12.7. The van der Waals surface area contributed by atoms with Crippen LogP contribution in [0.25, 0.3) is 0 Å². The molecule has 0 aliphatic carbocycles. The van der Waals surface area contributed by atoms with Crippen molar-refractivity contribution in [3.63, 3.8) is 0 Å². The summed E-state index contributed by atoms with van der Waals surface area (Å²) < 4.78 is 69.7. The van der Waals surface area contributed by atoms with E-state index in [1.54, 1.807) is 0 Å². The van der Waals surface area contributed by atoms with Crippen molar-refractivity contribution in [2.75, 3.05) is 7.11 Å². The molecule has 0 spiro atoms. The molecule has 10 heteroatoms. The molecule has 0 aliphatic heterocycles. The number of ether oxygens (including phenoxy) is 2. The summed E-state index contributed by atoms with van der Waals surface area (Å²) in [5, 5.41) is 0. The Kier molecular flexibility index (Phi) is 4.82. The van der Waals surface area contributed by atoms with Crippen molar-refractivity contribution < 1.29 is 36.2 Å². The summed E-state index contributed by atoms with van der Waals surface area (Å²) in [6.45, 7) is -0.490. The molecular weight excluding hydrogens is 291 g/mol. The Morgan fingerprint density at radius 3 is 2.45 bits per heavy atom. The van der Waals surface area contributed by atoms with Gasteiger partial charge in [-0.2, -0.15) is 0 Å². The van der Waals surface area contributed by atoms with E-state index in [4.69, 9.17) is 5.73 Å². The topological polar surface area (TPSA) is 74.4 Å². The predicted molar refractivity (Wildman–Crippen MR) is 55.1 cm³/mol. The van der Waals surface area contributed by atoms with Gasteiger partial charge >= 0.3 is 12.3 Å². The Morgan fingerprint density at radius 2 is 2.05 bits per heavy atom. The van der Waals surface area contributed by atoms with Gasteiger partial charge < -0.3 is 15.2 Å². The fourth-order valence-electron chi connectivity index (χ4n) is 1.35. The number of pyridine rings is 1. The molecule has 112 valence electrons. The van der Waals surface area contributed by atoms with Crippen LogP contribution in [0.5, 0.6) is 5.75 Å². The van der Waals surface area contributed by atoms with Crippen LogP contribution in [0.2, 0.25) is 0 Å². The van der Waals surface area contributed by atoms with E-state index in [1.165, 1.54) is 0 Å². The first-order chi connectivity index (χ1) is 9.19. The van der Waals surface area contributed by atoms with Gasteiger partial charge in [0.05, 0.1) is 12.8 Å². The van der Waals surface area contributed by atoms with Crippen LogP contribution in [0.1, 0.15) is 28.2 Å². The van der Waals surface area contributed by atoms with Gasteiger partial charge in [-0.15, -0.1) is 13.2 Å². The fraction of sp³-hybridized carbons (Fsp3) is 0.400. The minimum Gasteiger partial charge on any atom is -0.464 e. The largest absolute Gasteiger partial charge is 0.573 e. The first kappa shape index (κ1) is 16.1. The lowest BCUT2D eigenvalue weighted by Crippen LogP contribution is -2.21. The van der Waals surface area contributed by atoms with Crippen molar-refractivity contribution in [1.29, 1.82) is 0 Å². The number of carbonyl (C=O) groups is 1. The summed E-state index contributed by atoms with van der Waals surface area (Å²) in [6.07, 6.45) is -8.29. The highest BCUT2D eigenvalue weighted by molar-refractivity contribution is 5.90. The molecule has 0 unspecified atom stereocenters. The number of rotatable bonds is 4. The number of nitrogens with zero attached hydrogens (tertiary/aromatic N) is 1. The molecule has 0 saturated carbocycles. The SMILES string of the molecule is COC(=O)c1nc(CN)c(C(F)F)cc1OC(F)(F)F. The molecule has 1 aromatic heterocycles. The second-order valence-corrected chi connectivity index (χ2v) is 3.42. The molecule has 1 rings (SSSR count). The second-order valence-electron chi connectivity index (χ2n) is 3.42. The Balaban J connectivity index is 3.43. The van der Waals surface area contributed by atoms with E-state index in [9.17, 15) is 26.7 Å². The van der Waals surface area contributed by atoms with Crippen molar-refractivity contribution in [2.45, 2.75) is 19.3 Å². The lowest BCUT2D eigenvalue weighted by Gasteiger charge is -2.15. The summed E-state index contributed by atoms with van der Waals surface area (Å²) in [5.41, 5.74) is 3.02. The summed E-state index contributed by atoms with van der Waals surface area (Å²) in [6, 6.07) is 0.375. The number of hydrogen-bond acceptors (Lipinski definition) is 5. The van der Waals surface area contributed by atoms with E-state index in [0.29, 0.717) is 6.07 Å². The molecule has 0 radical (unpaired) electrons. The maximum atomic E-state index is 12.7. The average molecular weight is 300 g/mol. The van der Waals surface area contributed by atoms with E-state index < -0.39 is 48.0 Å². The van der Waals surface area contributed by atoms with Crippen LogP contribution in [0, 0.1) is 0 Å². The smallest absolute Gasteiger partial charge is 0.464 e. The third-order valence-corrected chi connectivity index (χ3v) is 2.13. The Bertz CT molecular complexity index is 504. The van der Waals surface area contributed by atoms with Crippen molar-refractivity contribution >= 4 is 5.97 Å². The highest BCUT2D eigenvalue weighted by Gasteiger charge is 2.35. The van der Waals surface area contributed by atoms with Gasteiger partial charge in [0.15, 0.2) is 11.4 Å². The number of nitrogens with two attached hydrogens (primary N) is 1. The van der Waals surface area contributed by atoms with Crippen LogP contribution in [-0.2, 0) is 11.3 Å². The zero-order chi connectivity index (χ0) is 15.5. The van der Waals surface area contributed by atoms with Crippen molar-refractivity contribution in [2.24, 2.45) is 5.73 Å². The minimum atomic E-state index is -5.17. The summed E-state index contributed by atoms with van der Waals surface area (Å²) >= 11 is 0. The number of alkyl halides is 5.